The van der Waals surface area contributed by atoms with Crippen LogP contribution in [0.2, 0.25) is 0 Å². The Balaban J connectivity index is 1.94. The third-order valence-electron chi connectivity index (χ3n) is 5.33. The second kappa shape index (κ2) is 16.0. The molecule has 194 valence electrons. The number of rotatable bonds is 15. The van der Waals surface area contributed by atoms with Gasteiger partial charge in [0.15, 0.2) is 5.75 Å². The van der Waals surface area contributed by atoms with Crippen molar-refractivity contribution in [3.63, 3.8) is 0 Å². The molecule has 0 aliphatic heterocycles. The number of hydrogen-bond donors (Lipinski definition) is 1. The number of carbonyl (C=O) groups excluding carboxylic acids is 3. The molecule has 2 aromatic rings. The second-order valence-corrected chi connectivity index (χ2v) is 8.07. The van der Waals surface area contributed by atoms with Gasteiger partial charge < -0.3 is 24.3 Å². The highest BCUT2D eigenvalue weighted by Gasteiger charge is 2.18. The Bertz CT molecular complexity index is 1010. The lowest BCUT2D eigenvalue weighted by Gasteiger charge is -2.13. The number of anilines is 1. The van der Waals surface area contributed by atoms with E-state index in [2.05, 4.69) is 21.7 Å². The number of esters is 2. The van der Waals surface area contributed by atoms with Gasteiger partial charge in [-0.15, -0.1) is 0 Å². The minimum Gasteiger partial charge on any atom is -0.494 e. The molecule has 1 amide bonds. The van der Waals surface area contributed by atoms with Crippen molar-refractivity contribution in [1.82, 2.24) is 0 Å². The molecule has 0 spiro atoms. The predicted molar refractivity (Wildman–Crippen MR) is 137 cm³/mol. The molecule has 2 aromatic carbocycles. The second-order valence-electron chi connectivity index (χ2n) is 8.07. The lowest BCUT2D eigenvalue weighted by atomic mass is 10.1. The molecule has 0 saturated carbocycles. The van der Waals surface area contributed by atoms with Crippen LogP contribution < -0.4 is 14.8 Å². The van der Waals surface area contributed by atoms with E-state index in [1.807, 2.05) is 0 Å². The van der Waals surface area contributed by atoms with Crippen LogP contribution in [0, 0.1) is 0 Å². The van der Waals surface area contributed by atoms with E-state index in [-0.39, 0.29) is 17.4 Å². The van der Waals surface area contributed by atoms with E-state index in [1.165, 1.54) is 39.2 Å². The van der Waals surface area contributed by atoms with Gasteiger partial charge in [0.1, 0.15) is 5.75 Å². The summed E-state index contributed by atoms with van der Waals surface area (Å²) in [5, 5.41) is 2.76. The Morgan fingerprint density at radius 2 is 1.50 bits per heavy atom. The topological polar surface area (TPSA) is 100 Å². The van der Waals surface area contributed by atoms with Gasteiger partial charge in [0.05, 0.1) is 32.6 Å². The molecule has 0 fully saturated rings. The lowest BCUT2D eigenvalue weighted by Crippen LogP contribution is -2.16. The summed E-state index contributed by atoms with van der Waals surface area (Å²) in [6, 6.07) is 13.4. The zero-order chi connectivity index (χ0) is 26.2. The maximum Gasteiger partial charge on any atom is 0.374 e. The molecular weight excluding hydrogens is 462 g/mol. The van der Waals surface area contributed by atoms with E-state index in [9.17, 15) is 14.4 Å². The number of para-hydroxylation sites is 2. The van der Waals surface area contributed by atoms with Crippen molar-refractivity contribution in [1.29, 1.82) is 0 Å². The zero-order valence-corrected chi connectivity index (χ0v) is 21.2. The molecule has 0 bridgehead atoms. The quantitative estimate of drug-likeness (QED) is 0.146. The first-order valence-electron chi connectivity index (χ1n) is 12.2. The van der Waals surface area contributed by atoms with Gasteiger partial charge in [0.25, 0.3) is 5.91 Å². The highest BCUT2D eigenvalue weighted by atomic mass is 16.6. The van der Waals surface area contributed by atoms with Crippen LogP contribution in [0.3, 0.4) is 0 Å². The lowest BCUT2D eigenvalue weighted by molar-refractivity contribution is -0.140. The predicted octanol–water partition coefficient (Wildman–Crippen LogP) is 5.68. The Kier molecular flexibility index (Phi) is 12.6. The summed E-state index contributed by atoms with van der Waals surface area (Å²) in [5.41, 5.74) is 0.729. The molecule has 0 aliphatic rings. The SMILES string of the molecule is CCCCCCCCCOc1ccc(C(=O)Nc2ccccc2O/C(=C\C(=O)OC)C(=O)OC)cc1. The van der Waals surface area contributed by atoms with Crippen LogP contribution in [0.4, 0.5) is 5.69 Å². The molecule has 1 N–H and O–H groups in total. The molecule has 0 radical (unpaired) electrons. The van der Waals surface area contributed by atoms with Gasteiger partial charge in [-0.25, -0.2) is 9.59 Å². The van der Waals surface area contributed by atoms with E-state index in [1.54, 1.807) is 48.5 Å². The van der Waals surface area contributed by atoms with Crippen molar-refractivity contribution in [3.8, 4) is 11.5 Å². The van der Waals surface area contributed by atoms with Crippen LogP contribution in [0.1, 0.15) is 62.2 Å². The molecule has 0 aromatic heterocycles. The first-order chi connectivity index (χ1) is 17.5. The van der Waals surface area contributed by atoms with Crippen molar-refractivity contribution in [2.24, 2.45) is 0 Å². The van der Waals surface area contributed by atoms with Gasteiger partial charge in [-0.3, -0.25) is 4.79 Å². The summed E-state index contributed by atoms with van der Waals surface area (Å²) in [7, 11) is 2.33. The average Bonchev–Trinajstić information content (AvgIpc) is 2.90. The smallest absolute Gasteiger partial charge is 0.374 e. The maximum absolute atomic E-state index is 12.8. The van der Waals surface area contributed by atoms with Gasteiger partial charge >= 0.3 is 11.9 Å². The van der Waals surface area contributed by atoms with Crippen molar-refractivity contribution in [2.45, 2.75) is 51.9 Å². The summed E-state index contributed by atoms with van der Waals surface area (Å²) in [6.45, 7) is 2.86. The fourth-order valence-corrected chi connectivity index (χ4v) is 3.32. The summed E-state index contributed by atoms with van der Waals surface area (Å²) in [4.78, 5) is 36.4. The molecule has 0 saturated heterocycles. The number of nitrogens with one attached hydrogen (secondary N) is 1. The Morgan fingerprint density at radius 1 is 0.833 bits per heavy atom. The minimum absolute atomic E-state index is 0.154. The van der Waals surface area contributed by atoms with Gasteiger partial charge in [-0.1, -0.05) is 57.6 Å². The van der Waals surface area contributed by atoms with Crippen molar-refractivity contribution >= 4 is 23.5 Å². The standard InChI is InChI=1S/C28H35NO7/c1-4-5-6-7-8-9-12-19-35-22-17-15-21(16-18-22)27(31)29-23-13-10-11-14-24(23)36-25(28(32)34-3)20-26(30)33-2/h10-11,13-18,20H,4-9,12,19H2,1-3H3,(H,29,31)/b25-20-. The van der Waals surface area contributed by atoms with E-state index in [0.29, 0.717) is 23.6 Å². The molecule has 8 nitrogen and oxygen atoms in total. The maximum atomic E-state index is 12.8. The monoisotopic (exact) mass is 497 g/mol. The van der Waals surface area contributed by atoms with Crippen LogP contribution >= 0.6 is 0 Å². The van der Waals surface area contributed by atoms with E-state index in [4.69, 9.17) is 9.47 Å². The van der Waals surface area contributed by atoms with Gasteiger partial charge in [0.2, 0.25) is 5.76 Å². The van der Waals surface area contributed by atoms with Crippen LogP contribution in [0.25, 0.3) is 0 Å². The summed E-state index contributed by atoms with van der Waals surface area (Å²) in [6.07, 6.45) is 9.38. The van der Waals surface area contributed by atoms with E-state index < -0.39 is 11.9 Å². The van der Waals surface area contributed by atoms with E-state index in [0.717, 1.165) is 26.0 Å². The fraction of sp³-hybridized carbons (Fsp3) is 0.393. The minimum atomic E-state index is -0.867. The molecule has 2 rings (SSSR count). The molecule has 0 heterocycles. The first kappa shape index (κ1) is 28.4. The largest absolute Gasteiger partial charge is 0.494 e. The van der Waals surface area contributed by atoms with Crippen LogP contribution in [-0.2, 0) is 19.1 Å². The normalized spacial score (nSPS) is 10.9. The van der Waals surface area contributed by atoms with Gasteiger partial charge in [-0.2, -0.15) is 0 Å². The molecule has 0 atom stereocenters. The number of amides is 1. The highest BCUT2D eigenvalue weighted by molar-refractivity contribution is 6.05. The Hall–Kier alpha value is -3.81. The number of benzene rings is 2. The number of ether oxygens (including phenoxy) is 4. The van der Waals surface area contributed by atoms with Crippen LogP contribution in [0.15, 0.2) is 60.4 Å². The van der Waals surface area contributed by atoms with Gasteiger partial charge in [-0.05, 0) is 42.8 Å². The number of hydrogen-bond acceptors (Lipinski definition) is 7. The van der Waals surface area contributed by atoms with Crippen molar-refractivity contribution in [3.05, 3.63) is 65.9 Å². The average molecular weight is 498 g/mol. The van der Waals surface area contributed by atoms with Gasteiger partial charge in [0, 0.05) is 5.56 Å². The Labute approximate surface area is 212 Å². The zero-order valence-electron chi connectivity index (χ0n) is 21.2. The van der Waals surface area contributed by atoms with Crippen LogP contribution in [0.5, 0.6) is 11.5 Å². The third-order valence-corrected chi connectivity index (χ3v) is 5.33. The summed E-state index contributed by atoms with van der Waals surface area (Å²) < 4.78 is 20.6. The highest BCUT2D eigenvalue weighted by Crippen LogP contribution is 2.27. The molecule has 36 heavy (non-hydrogen) atoms. The summed E-state index contributed by atoms with van der Waals surface area (Å²) >= 11 is 0. The molecular formula is C28H35NO7. The molecule has 0 unspecified atom stereocenters. The molecule has 8 heteroatoms. The first-order valence-corrected chi connectivity index (χ1v) is 12.2. The third kappa shape index (κ3) is 9.82. The molecule has 0 aliphatic carbocycles. The van der Waals surface area contributed by atoms with Crippen molar-refractivity contribution < 1.29 is 33.3 Å². The fourth-order valence-electron chi connectivity index (χ4n) is 3.32. The number of carbonyl (C=O) groups is 3. The Morgan fingerprint density at radius 3 is 2.17 bits per heavy atom. The summed E-state index contributed by atoms with van der Waals surface area (Å²) in [5.74, 6) is -1.55. The van der Waals surface area contributed by atoms with E-state index >= 15 is 0 Å². The van der Waals surface area contributed by atoms with Crippen LogP contribution in [-0.4, -0.2) is 38.7 Å². The number of methoxy groups -OCH3 is 2. The number of unbranched alkanes of at least 4 members (excludes halogenated alkanes) is 6. The van der Waals surface area contributed by atoms with Crippen molar-refractivity contribution in [2.75, 3.05) is 26.1 Å².